The van der Waals surface area contributed by atoms with E-state index < -0.39 is 24.9 Å². The normalized spacial score (nSPS) is 17.3. The number of alkyl halides is 3. The van der Waals surface area contributed by atoms with E-state index in [1.54, 1.807) is 22.8 Å². The number of hydrogen-bond donors (Lipinski definition) is 1. The van der Waals surface area contributed by atoms with E-state index in [2.05, 4.69) is 32.5 Å². The average Bonchev–Trinajstić information content (AvgIpc) is 3.46. The summed E-state index contributed by atoms with van der Waals surface area (Å²) in [5, 5.41) is 7.75. The Labute approximate surface area is 258 Å². The summed E-state index contributed by atoms with van der Waals surface area (Å²) in [5.41, 5.74) is 5.91. The van der Waals surface area contributed by atoms with Crippen molar-refractivity contribution < 1.29 is 22.8 Å². The Balaban J connectivity index is 1.09. The minimum absolute atomic E-state index is 0.00441. The van der Waals surface area contributed by atoms with Gasteiger partial charge in [-0.1, -0.05) is 12.1 Å². The molecular weight excluding hydrogens is 583 g/mol. The molecule has 0 bridgehead atoms. The van der Waals surface area contributed by atoms with Gasteiger partial charge in [0.2, 0.25) is 11.9 Å². The van der Waals surface area contributed by atoms with E-state index in [1.165, 1.54) is 4.90 Å². The molecule has 1 aromatic carbocycles. The summed E-state index contributed by atoms with van der Waals surface area (Å²) in [7, 11) is 0. The van der Waals surface area contributed by atoms with Crippen molar-refractivity contribution in [2.24, 2.45) is 0 Å². The number of nitrogens with zero attached hydrogens (tertiary/aromatic N) is 6. The number of benzene rings is 1. The lowest BCUT2D eigenvalue weighted by atomic mass is 9.93. The zero-order chi connectivity index (χ0) is 31.6. The predicted octanol–water partition coefficient (Wildman–Crippen LogP) is 6.15. The number of aryl methyl sites for hydroxylation is 1. The minimum atomic E-state index is -4.35. The van der Waals surface area contributed by atoms with Crippen molar-refractivity contribution in [1.29, 1.82) is 0 Å². The van der Waals surface area contributed by atoms with Crippen molar-refractivity contribution in [2.75, 3.05) is 31.5 Å². The Kier molecular flexibility index (Phi) is 8.55. The number of amides is 2. The molecule has 0 spiro atoms. The van der Waals surface area contributed by atoms with Gasteiger partial charge in [0, 0.05) is 73.4 Å². The number of carbonyl (C=O) groups excluding carboxylic acids is 2. The lowest BCUT2D eigenvalue weighted by Crippen LogP contribution is -2.39. The highest BCUT2D eigenvalue weighted by molar-refractivity contribution is 5.94. The molecular formula is C33H34F3N7O2. The summed E-state index contributed by atoms with van der Waals surface area (Å²) in [6.07, 6.45) is 1.97. The number of hydrogen-bond acceptors (Lipinski definition) is 6. The molecule has 9 nitrogen and oxygen atoms in total. The monoisotopic (exact) mass is 617 g/mol. The third-order valence-corrected chi connectivity index (χ3v) is 8.34. The van der Waals surface area contributed by atoms with Crippen molar-refractivity contribution in [1.82, 2.24) is 29.4 Å². The topological polar surface area (TPSA) is 95.7 Å². The first-order chi connectivity index (χ1) is 21.6. The van der Waals surface area contributed by atoms with Crippen LogP contribution in [0, 0.1) is 6.92 Å². The number of carbonyl (C=O) groups is 2. The highest BCUT2D eigenvalue weighted by Gasteiger charge is 2.30. The molecule has 1 atom stereocenters. The zero-order valence-electron chi connectivity index (χ0n) is 24.9. The third kappa shape index (κ3) is 7.16. The summed E-state index contributed by atoms with van der Waals surface area (Å²) < 4.78 is 39.2. The molecule has 234 valence electrons. The van der Waals surface area contributed by atoms with Gasteiger partial charge in [0.1, 0.15) is 0 Å². The third-order valence-electron chi connectivity index (χ3n) is 8.34. The average molecular weight is 618 g/mol. The number of piperidine rings is 1. The predicted molar refractivity (Wildman–Crippen MR) is 164 cm³/mol. The first-order valence-corrected chi connectivity index (χ1v) is 15.1. The second-order valence-electron chi connectivity index (χ2n) is 11.6. The minimum Gasteiger partial charge on any atom is -0.339 e. The standard InChI is InChI=1S/C33H34F3N7O2/c1-22-6-11-28(37-20-22)25-4-2-16-42(21-25)31(45)24-7-9-26(10-8-24)38-32-39-30-27(5-3-17-43(30)40-32)23-13-18-41(19-14-23)29(44)12-15-33(34,35)36/h3,5-11,13,17,20,25H,2,4,12,14-16,18-19,21H2,1H3,(H,38,40). The summed E-state index contributed by atoms with van der Waals surface area (Å²) in [5.74, 6) is 0.105. The maximum atomic E-state index is 13.3. The summed E-state index contributed by atoms with van der Waals surface area (Å²) in [6, 6.07) is 15.1. The molecule has 1 saturated heterocycles. The van der Waals surface area contributed by atoms with Crippen LogP contribution in [-0.4, -0.2) is 73.6 Å². The van der Waals surface area contributed by atoms with Crippen LogP contribution < -0.4 is 5.32 Å². The number of pyridine rings is 2. The van der Waals surface area contributed by atoms with Gasteiger partial charge in [-0.3, -0.25) is 14.6 Å². The Morgan fingerprint density at radius 3 is 2.58 bits per heavy atom. The van der Waals surface area contributed by atoms with E-state index in [1.807, 2.05) is 48.4 Å². The van der Waals surface area contributed by atoms with Gasteiger partial charge in [-0.15, -0.1) is 5.10 Å². The Morgan fingerprint density at radius 1 is 1.04 bits per heavy atom. The lowest BCUT2D eigenvalue weighted by molar-refractivity contribution is -0.148. The molecule has 45 heavy (non-hydrogen) atoms. The fourth-order valence-corrected chi connectivity index (χ4v) is 5.89. The van der Waals surface area contributed by atoms with Crippen LogP contribution >= 0.6 is 0 Å². The van der Waals surface area contributed by atoms with Gasteiger partial charge < -0.3 is 15.1 Å². The summed E-state index contributed by atoms with van der Waals surface area (Å²) in [4.78, 5) is 38.2. The van der Waals surface area contributed by atoms with E-state index in [9.17, 15) is 22.8 Å². The van der Waals surface area contributed by atoms with Crippen LogP contribution in [0.5, 0.6) is 0 Å². The van der Waals surface area contributed by atoms with Crippen molar-refractivity contribution in [3.8, 4) is 0 Å². The molecule has 3 aromatic heterocycles. The Bertz CT molecular complexity index is 1720. The molecule has 1 unspecified atom stereocenters. The maximum absolute atomic E-state index is 13.3. The number of likely N-dealkylation sites (tertiary alicyclic amines) is 1. The van der Waals surface area contributed by atoms with Crippen molar-refractivity contribution in [2.45, 2.75) is 51.1 Å². The molecule has 0 radical (unpaired) electrons. The largest absolute Gasteiger partial charge is 0.389 e. The van der Waals surface area contributed by atoms with Gasteiger partial charge in [0.25, 0.3) is 5.91 Å². The van der Waals surface area contributed by atoms with Gasteiger partial charge in [-0.2, -0.15) is 18.2 Å². The van der Waals surface area contributed by atoms with Gasteiger partial charge >= 0.3 is 6.18 Å². The van der Waals surface area contributed by atoms with Crippen molar-refractivity contribution in [3.05, 3.63) is 89.4 Å². The molecule has 4 aromatic rings. The van der Waals surface area contributed by atoms with E-state index in [4.69, 9.17) is 0 Å². The molecule has 2 aliphatic heterocycles. The number of fused-ring (bicyclic) bond motifs is 1. The van der Waals surface area contributed by atoms with Gasteiger partial charge in [0.15, 0.2) is 5.65 Å². The molecule has 1 fully saturated rings. The van der Waals surface area contributed by atoms with Crippen LogP contribution in [0.15, 0.2) is 67.0 Å². The van der Waals surface area contributed by atoms with Crippen LogP contribution in [0.2, 0.25) is 0 Å². The first-order valence-electron chi connectivity index (χ1n) is 15.1. The molecule has 0 saturated carbocycles. The zero-order valence-corrected chi connectivity index (χ0v) is 24.9. The molecule has 0 aliphatic carbocycles. The number of nitrogens with one attached hydrogen (secondary N) is 1. The number of halogens is 3. The molecule has 12 heteroatoms. The quantitative estimate of drug-likeness (QED) is 0.267. The van der Waals surface area contributed by atoms with Crippen molar-refractivity contribution >= 4 is 34.7 Å². The summed E-state index contributed by atoms with van der Waals surface area (Å²) >= 11 is 0. The van der Waals surface area contributed by atoms with Crippen LogP contribution in [0.4, 0.5) is 24.8 Å². The molecule has 2 amide bonds. The van der Waals surface area contributed by atoms with Gasteiger partial charge in [-0.25, -0.2) is 4.52 Å². The fraction of sp³-hybridized carbons (Fsp3) is 0.364. The van der Waals surface area contributed by atoms with E-state index in [0.717, 1.165) is 47.5 Å². The maximum Gasteiger partial charge on any atom is 0.389 e. The van der Waals surface area contributed by atoms with Crippen molar-refractivity contribution in [3.63, 3.8) is 0 Å². The highest BCUT2D eigenvalue weighted by Crippen LogP contribution is 2.29. The lowest BCUT2D eigenvalue weighted by Gasteiger charge is -2.32. The van der Waals surface area contributed by atoms with E-state index in [0.29, 0.717) is 36.7 Å². The molecule has 6 rings (SSSR count). The smallest absolute Gasteiger partial charge is 0.339 e. The van der Waals surface area contributed by atoms with Crippen LogP contribution in [-0.2, 0) is 4.79 Å². The van der Waals surface area contributed by atoms with Crippen LogP contribution in [0.3, 0.4) is 0 Å². The molecule has 2 aliphatic rings. The second-order valence-corrected chi connectivity index (χ2v) is 11.6. The molecule has 1 N–H and O–H groups in total. The number of aromatic nitrogens is 4. The van der Waals surface area contributed by atoms with Gasteiger partial charge in [0.05, 0.1) is 6.42 Å². The summed E-state index contributed by atoms with van der Waals surface area (Å²) in [6.45, 7) is 3.97. The van der Waals surface area contributed by atoms with Crippen LogP contribution in [0.25, 0.3) is 11.2 Å². The number of rotatable bonds is 7. The SMILES string of the molecule is Cc1ccc(C2CCCN(C(=O)c3ccc(Nc4nc5c(C6=CCN(C(=O)CCC(F)(F)F)CC6)cccn5n4)cc3)C2)nc1. The van der Waals surface area contributed by atoms with E-state index >= 15 is 0 Å². The van der Waals surface area contributed by atoms with E-state index in [-0.39, 0.29) is 18.4 Å². The highest BCUT2D eigenvalue weighted by atomic mass is 19.4. The fourth-order valence-electron chi connectivity index (χ4n) is 5.89. The Hall–Kier alpha value is -4.74. The number of anilines is 2. The first kappa shape index (κ1) is 30.3. The molecule has 5 heterocycles. The van der Waals surface area contributed by atoms with Gasteiger partial charge in [-0.05, 0) is 79.8 Å². The second kappa shape index (κ2) is 12.7. The van der Waals surface area contributed by atoms with Crippen LogP contribution in [0.1, 0.15) is 65.2 Å². The Morgan fingerprint density at radius 2 is 1.87 bits per heavy atom.